The monoisotopic (exact) mass is 358 g/mol. The molecule has 0 aliphatic rings. The van der Waals surface area contributed by atoms with Gasteiger partial charge in [-0.2, -0.15) is 13.2 Å². The highest BCUT2D eigenvalue weighted by Gasteiger charge is 2.26. The van der Waals surface area contributed by atoms with Gasteiger partial charge in [0.25, 0.3) is 0 Å². The molecule has 0 radical (unpaired) electrons. The topological polar surface area (TPSA) is 52.6 Å². The summed E-state index contributed by atoms with van der Waals surface area (Å²) in [5, 5.41) is 0. The molecule has 0 heterocycles. The summed E-state index contributed by atoms with van der Waals surface area (Å²) in [4.78, 5) is 22.0. The first-order valence-electron chi connectivity index (χ1n) is 7.79. The Morgan fingerprint density at radius 3 is 2.32 bits per heavy atom. The highest BCUT2D eigenvalue weighted by molar-refractivity contribution is 5.94. The van der Waals surface area contributed by atoms with Gasteiger partial charge < -0.3 is 9.47 Å². The van der Waals surface area contributed by atoms with Crippen LogP contribution in [0, 0.1) is 0 Å². The molecule has 0 fully saturated rings. The highest BCUT2D eigenvalue weighted by Crippen LogP contribution is 2.22. The van der Waals surface area contributed by atoms with E-state index in [1.807, 2.05) is 6.92 Å². The number of ketones is 1. The van der Waals surface area contributed by atoms with Crippen LogP contribution in [0.1, 0.15) is 38.7 Å². The van der Waals surface area contributed by atoms with Crippen LogP contribution in [-0.2, 0) is 14.3 Å². The summed E-state index contributed by atoms with van der Waals surface area (Å²) < 4.78 is 46.3. The molecule has 0 amide bonds. The number of carbonyl (C=O) groups excluding carboxylic acids is 2. The summed E-state index contributed by atoms with van der Waals surface area (Å²) in [7, 11) is 0. The fourth-order valence-corrected chi connectivity index (χ4v) is 1.91. The van der Waals surface area contributed by atoms with Crippen molar-refractivity contribution in [2.75, 3.05) is 13.2 Å². The molecule has 138 valence electrons. The SMILES string of the molecule is CC(=O)CC(=O)OC/C=C(\C)c1ccc(OCCCC(F)(F)F)cc1. The van der Waals surface area contributed by atoms with Gasteiger partial charge in [-0.05, 0) is 49.6 Å². The predicted octanol–water partition coefficient (Wildman–Crippen LogP) is 4.33. The highest BCUT2D eigenvalue weighted by atomic mass is 19.4. The molecule has 0 aliphatic carbocycles. The van der Waals surface area contributed by atoms with Crippen molar-refractivity contribution in [2.24, 2.45) is 0 Å². The Labute approximate surface area is 144 Å². The van der Waals surface area contributed by atoms with Crippen LogP contribution in [-0.4, -0.2) is 31.1 Å². The van der Waals surface area contributed by atoms with Gasteiger partial charge in [0.1, 0.15) is 24.6 Å². The van der Waals surface area contributed by atoms with Crippen LogP contribution in [0.3, 0.4) is 0 Å². The van der Waals surface area contributed by atoms with Crippen molar-refractivity contribution in [3.63, 3.8) is 0 Å². The Hall–Kier alpha value is -2.31. The van der Waals surface area contributed by atoms with E-state index in [1.165, 1.54) is 6.92 Å². The number of rotatable bonds is 9. The van der Waals surface area contributed by atoms with Crippen molar-refractivity contribution in [3.8, 4) is 5.75 Å². The minimum absolute atomic E-state index is 0.000220. The van der Waals surface area contributed by atoms with Crippen LogP contribution >= 0.6 is 0 Å². The maximum absolute atomic E-state index is 12.0. The summed E-state index contributed by atoms with van der Waals surface area (Å²) in [6, 6.07) is 6.87. The molecule has 0 N–H and O–H groups in total. The van der Waals surface area contributed by atoms with Crippen molar-refractivity contribution in [1.29, 1.82) is 0 Å². The quantitative estimate of drug-likeness (QED) is 0.374. The lowest BCUT2D eigenvalue weighted by molar-refractivity contribution is -0.144. The number of hydrogen-bond donors (Lipinski definition) is 0. The fourth-order valence-electron chi connectivity index (χ4n) is 1.91. The largest absolute Gasteiger partial charge is 0.494 e. The number of hydrogen-bond acceptors (Lipinski definition) is 4. The Morgan fingerprint density at radius 1 is 1.12 bits per heavy atom. The van der Waals surface area contributed by atoms with Gasteiger partial charge in [0, 0.05) is 6.42 Å². The van der Waals surface area contributed by atoms with Gasteiger partial charge in [-0.1, -0.05) is 12.1 Å². The van der Waals surface area contributed by atoms with Gasteiger partial charge >= 0.3 is 12.1 Å². The van der Waals surface area contributed by atoms with E-state index in [9.17, 15) is 22.8 Å². The molecule has 0 saturated carbocycles. The average Bonchev–Trinajstić information content (AvgIpc) is 2.50. The zero-order chi connectivity index (χ0) is 18.9. The van der Waals surface area contributed by atoms with Crippen molar-refractivity contribution < 1.29 is 32.2 Å². The second-order valence-corrected chi connectivity index (χ2v) is 5.54. The van der Waals surface area contributed by atoms with Gasteiger partial charge in [0.15, 0.2) is 0 Å². The van der Waals surface area contributed by atoms with E-state index in [0.29, 0.717) is 5.75 Å². The lowest BCUT2D eigenvalue weighted by Gasteiger charge is -2.09. The minimum atomic E-state index is -4.16. The molecule has 0 aromatic heterocycles. The average molecular weight is 358 g/mol. The molecule has 1 aromatic carbocycles. The third-order valence-electron chi connectivity index (χ3n) is 3.21. The van der Waals surface area contributed by atoms with Crippen LogP contribution in [0.15, 0.2) is 30.3 Å². The number of ether oxygens (including phenoxy) is 2. The van der Waals surface area contributed by atoms with Crippen LogP contribution in [0.2, 0.25) is 0 Å². The summed E-state index contributed by atoms with van der Waals surface area (Å²) in [6.45, 7) is 3.21. The molecule has 1 rings (SSSR count). The second kappa shape index (κ2) is 9.86. The van der Waals surface area contributed by atoms with Crippen LogP contribution in [0.25, 0.3) is 5.57 Å². The first-order chi connectivity index (χ1) is 11.7. The van der Waals surface area contributed by atoms with Gasteiger partial charge in [0.05, 0.1) is 6.61 Å². The van der Waals surface area contributed by atoms with Gasteiger partial charge in [-0.15, -0.1) is 0 Å². The molecular formula is C18H21F3O4. The third kappa shape index (κ3) is 9.54. The van der Waals surface area contributed by atoms with E-state index < -0.39 is 18.6 Å². The molecule has 7 heteroatoms. The molecule has 0 unspecified atom stereocenters. The Balaban J connectivity index is 2.42. The van der Waals surface area contributed by atoms with E-state index in [-0.39, 0.29) is 31.8 Å². The summed E-state index contributed by atoms with van der Waals surface area (Å²) in [5.41, 5.74) is 1.73. The lowest BCUT2D eigenvalue weighted by atomic mass is 10.1. The van der Waals surface area contributed by atoms with Crippen molar-refractivity contribution in [3.05, 3.63) is 35.9 Å². The van der Waals surface area contributed by atoms with E-state index in [1.54, 1.807) is 30.3 Å². The number of Topliss-reactive ketones (excluding diaryl/α,β-unsaturated/α-hetero) is 1. The summed E-state index contributed by atoms with van der Waals surface area (Å²) in [5.74, 6) is -0.331. The van der Waals surface area contributed by atoms with Gasteiger partial charge in [-0.25, -0.2) is 0 Å². The van der Waals surface area contributed by atoms with Crippen molar-refractivity contribution in [1.82, 2.24) is 0 Å². The number of halogens is 3. The standard InChI is InChI=1S/C18H21F3O4/c1-13(8-11-25-17(23)12-14(2)22)15-4-6-16(7-5-15)24-10-3-9-18(19,20)21/h4-8H,3,9-12H2,1-2H3/b13-8+. The molecular weight excluding hydrogens is 337 g/mol. The maximum atomic E-state index is 12.0. The maximum Gasteiger partial charge on any atom is 0.389 e. The van der Waals surface area contributed by atoms with Crippen LogP contribution < -0.4 is 4.74 Å². The number of benzene rings is 1. The number of carbonyl (C=O) groups is 2. The predicted molar refractivity (Wildman–Crippen MR) is 87.1 cm³/mol. The smallest absolute Gasteiger partial charge is 0.389 e. The normalized spacial score (nSPS) is 12.0. The Kier molecular flexibility index (Phi) is 8.18. The first-order valence-corrected chi connectivity index (χ1v) is 7.79. The first kappa shape index (κ1) is 20.7. The third-order valence-corrected chi connectivity index (χ3v) is 3.21. The van der Waals surface area contributed by atoms with Gasteiger partial charge in [-0.3, -0.25) is 9.59 Å². The summed E-state index contributed by atoms with van der Waals surface area (Å²) in [6.07, 6.45) is -3.65. The van der Waals surface area contributed by atoms with Crippen molar-refractivity contribution in [2.45, 2.75) is 39.3 Å². The van der Waals surface area contributed by atoms with E-state index in [0.717, 1.165) is 11.1 Å². The van der Waals surface area contributed by atoms with Gasteiger partial charge in [0.2, 0.25) is 0 Å². The summed E-state index contributed by atoms with van der Waals surface area (Å²) >= 11 is 0. The van der Waals surface area contributed by atoms with Crippen molar-refractivity contribution >= 4 is 17.3 Å². The Bertz CT molecular complexity index is 604. The van der Waals surface area contributed by atoms with Crippen LogP contribution in [0.5, 0.6) is 5.75 Å². The van der Waals surface area contributed by atoms with E-state index in [2.05, 4.69) is 0 Å². The molecule has 25 heavy (non-hydrogen) atoms. The molecule has 0 atom stereocenters. The number of alkyl halides is 3. The number of allylic oxidation sites excluding steroid dienone is 1. The molecule has 0 aliphatic heterocycles. The molecule has 1 aromatic rings. The molecule has 0 bridgehead atoms. The Morgan fingerprint density at radius 2 is 1.76 bits per heavy atom. The zero-order valence-corrected chi connectivity index (χ0v) is 14.2. The van der Waals surface area contributed by atoms with Crippen LogP contribution in [0.4, 0.5) is 13.2 Å². The second-order valence-electron chi connectivity index (χ2n) is 5.54. The molecule has 4 nitrogen and oxygen atoms in total. The minimum Gasteiger partial charge on any atom is -0.494 e. The zero-order valence-electron chi connectivity index (χ0n) is 14.2. The fraction of sp³-hybridized carbons (Fsp3) is 0.444. The molecule has 0 spiro atoms. The number of esters is 1. The molecule has 0 saturated heterocycles. The van der Waals surface area contributed by atoms with E-state index in [4.69, 9.17) is 9.47 Å². The van der Waals surface area contributed by atoms with E-state index >= 15 is 0 Å². The lowest BCUT2D eigenvalue weighted by Crippen LogP contribution is -2.09.